The summed E-state index contributed by atoms with van der Waals surface area (Å²) in [5, 5.41) is 9.23. The second-order valence-corrected chi connectivity index (χ2v) is 6.76. The van der Waals surface area contributed by atoms with Crippen molar-refractivity contribution in [3.63, 3.8) is 0 Å². The third kappa shape index (κ3) is 4.07. The molecule has 4 nitrogen and oxygen atoms in total. The molecule has 1 aliphatic carbocycles. The molecule has 0 atom stereocenters. The maximum Gasteiger partial charge on any atom is 0.234 e. The van der Waals surface area contributed by atoms with Gasteiger partial charge in [0.25, 0.3) is 0 Å². The number of thiazole rings is 1. The van der Waals surface area contributed by atoms with Crippen LogP contribution in [0.2, 0.25) is 0 Å². The van der Waals surface area contributed by atoms with Crippen LogP contribution in [-0.4, -0.2) is 23.5 Å². The summed E-state index contributed by atoms with van der Waals surface area (Å²) < 4.78 is 0. The predicted molar refractivity (Wildman–Crippen MR) is 73.7 cm³/mol. The Morgan fingerprint density at radius 1 is 1.50 bits per heavy atom. The van der Waals surface area contributed by atoms with Crippen molar-refractivity contribution in [1.82, 2.24) is 15.6 Å². The molecule has 0 saturated heterocycles. The fourth-order valence-electron chi connectivity index (χ4n) is 1.53. The lowest BCUT2D eigenvalue weighted by Gasteiger charge is -2.14. The highest BCUT2D eigenvalue weighted by atomic mass is 32.1. The van der Waals surface area contributed by atoms with Crippen molar-refractivity contribution in [2.45, 2.75) is 51.6 Å². The molecule has 0 bridgehead atoms. The van der Waals surface area contributed by atoms with E-state index < -0.39 is 0 Å². The van der Waals surface area contributed by atoms with Crippen molar-refractivity contribution >= 4 is 17.2 Å². The minimum Gasteiger partial charge on any atom is -0.352 e. The molecular weight excluding hydrogens is 246 g/mol. The number of hydrogen-bond donors (Lipinski definition) is 2. The molecule has 0 spiro atoms. The molecule has 2 rings (SSSR count). The van der Waals surface area contributed by atoms with Gasteiger partial charge in [-0.15, -0.1) is 11.3 Å². The second kappa shape index (κ2) is 5.36. The van der Waals surface area contributed by atoms with E-state index in [1.165, 1.54) is 0 Å². The summed E-state index contributed by atoms with van der Waals surface area (Å²) in [6.45, 7) is 7.51. The first-order valence-corrected chi connectivity index (χ1v) is 7.28. The van der Waals surface area contributed by atoms with E-state index in [-0.39, 0.29) is 11.3 Å². The van der Waals surface area contributed by atoms with Gasteiger partial charge in [0.1, 0.15) is 5.01 Å². The van der Waals surface area contributed by atoms with Gasteiger partial charge < -0.3 is 10.6 Å². The Morgan fingerprint density at radius 3 is 2.78 bits per heavy atom. The number of nitrogens with zero attached hydrogens (tertiary/aromatic N) is 1. The fourth-order valence-corrected chi connectivity index (χ4v) is 2.52. The SMILES string of the molecule is CC(C)(C)c1csc(CNCC(=O)NC2CC2)n1. The van der Waals surface area contributed by atoms with Gasteiger partial charge in [-0.1, -0.05) is 20.8 Å². The molecule has 1 heterocycles. The molecule has 1 amide bonds. The van der Waals surface area contributed by atoms with Gasteiger partial charge >= 0.3 is 0 Å². The van der Waals surface area contributed by atoms with Crippen LogP contribution in [0.5, 0.6) is 0 Å². The van der Waals surface area contributed by atoms with Crippen molar-refractivity contribution in [1.29, 1.82) is 0 Å². The fraction of sp³-hybridized carbons (Fsp3) is 0.692. The van der Waals surface area contributed by atoms with Crippen LogP contribution in [0.25, 0.3) is 0 Å². The highest BCUT2D eigenvalue weighted by molar-refractivity contribution is 7.09. The van der Waals surface area contributed by atoms with Gasteiger partial charge in [0, 0.05) is 23.4 Å². The molecule has 0 radical (unpaired) electrons. The lowest BCUT2D eigenvalue weighted by molar-refractivity contribution is -0.120. The van der Waals surface area contributed by atoms with Crippen LogP contribution < -0.4 is 10.6 Å². The monoisotopic (exact) mass is 267 g/mol. The Morgan fingerprint density at radius 2 is 2.22 bits per heavy atom. The van der Waals surface area contributed by atoms with Crippen molar-refractivity contribution in [2.24, 2.45) is 0 Å². The zero-order chi connectivity index (χ0) is 13.2. The molecule has 1 fully saturated rings. The van der Waals surface area contributed by atoms with Crippen LogP contribution in [-0.2, 0) is 16.8 Å². The first kappa shape index (κ1) is 13.5. The Labute approximate surface area is 112 Å². The van der Waals surface area contributed by atoms with Crippen LogP contribution in [0.3, 0.4) is 0 Å². The standard InChI is InChI=1S/C13H21N3OS/c1-13(2,3)10-8-18-12(16-10)7-14-6-11(17)15-9-4-5-9/h8-9,14H,4-7H2,1-3H3,(H,15,17). The van der Waals surface area contributed by atoms with Crippen LogP contribution >= 0.6 is 11.3 Å². The van der Waals surface area contributed by atoms with Crippen LogP contribution in [0.4, 0.5) is 0 Å². The van der Waals surface area contributed by atoms with E-state index in [0.29, 0.717) is 19.1 Å². The Hall–Kier alpha value is -0.940. The van der Waals surface area contributed by atoms with E-state index in [9.17, 15) is 4.79 Å². The van der Waals surface area contributed by atoms with Gasteiger partial charge in [0.05, 0.1) is 12.2 Å². The number of aromatic nitrogens is 1. The molecule has 18 heavy (non-hydrogen) atoms. The smallest absolute Gasteiger partial charge is 0.234 e. The van der Waals surface area contributed by atoms with Crippen molar-refractivity contribution in [2.75, 3.05) is 6.54 Å². The maximum atomic E-state index is 11.5. The van der Waals surface area contributed by atoms with E-state index in [1.54, 1.807) is 11.3 Å². The summed E-state index contributed by atoms with van der Waals surface area (Å²) in [5.41, 5.74) is 1.21. The van der Waals surface area contributed by atoms with E-state index in [1.807, 2.05) is 0 Å². The van der Waals surface area contributed by atoms with Gasteiger partial charge in [-0.3, -0.25) is 4.79 Å². The summed E-state index contributed by atoms with van der Waals surface area (Å²) >= 11 is 1.65. The number of hydrogen-bond acceptors (Lipinski definition) is 4. The van der Waals surface area contributed by atoms with Crippen LogP contribution in [0, 0.1) is 0 Å². The summed E-state index contributed by atoms with van der Waals surface area (Å²) in [7, 11) is 0. The topological polar surface area (TPSA) is 54.0 Å². The van der Waals surface area contributed by atoms with Crippen LogP contribution in [0.15, 0.2) is 5.38 Å². The third-order valence-corrected chi connectivity index (χ3v) is 3.67. The average Bonchev–Trinajstić information content (AvgIpc) is 2.93. The molecule has 1 aromatic rings. The number of nitrogens with one attached hydrogen (secondary N) is 2. The molecule has 100 valence electrons. The number of amides is 1. The molecule has 1 aromatic heterocycles. The van der Waals surface area contributed by atoms with Gasteiger partial charge in [0.2, 0.25) is 5.91 Å². The van der Waals surface area contributed by atoms with Gasteiger partial charge in [0.15, 0.2) is 0 Å². The molecule has 2 N–H and O–H groups in total. The Kier molecular flexibility index (Phi) is 4.02. The highest BCUT2D eigenvalue weighted by Crippen LogP contribution is 2.23. The van der Waals surface area contributed by atoms with Gasteiger partial charge in [-0.2, -0.15) is 0 Å². The summed E-state index contributed by atoms with van der Waals surface area (Å²) in [6, 6.07) is 0.437. The quantitative estimate of drug-likeness (QED) is 0.855. The lowest BCUT2D eigenvalue weighted by Crippen LogP contribution is -2.34. The lowest BCUT2D eigenvalue weighted by atomic mass is 9.93. The zero-order valence-corrected chi connectivity index (χ0v) is 12.1. The minimum absolute atomic E-state index is 0.0881. The van der Waals surface area contributed by atoms with Crippen molar-refractivity contribution in [3.05, 3.63) is 16.1 Å². The Balaban J connectivity index is 1.72. The van der Waals surface area contributed by atoms with E-state index in [2.05, 4.69) is 41.8 Å². The average molecular weight is 267 g/mol. The molecular formula is C13H21N3OS. The number of carbonyl (C=O) groups excluding carboxylic acids is 1. The van der Waals surface area contributed by atoms with E-state index in [0.717, 1.165) is 23.5 Å². The van der Waals surface area contributed by atoms with E-state index in [4.69, 9.17) is 0 Å². The summed E-state index contributed by atoms with van der Waals surface area (Å²) in [5.74, 6) is 0.0881. The van der Waals surface area contributed by atoms with Gasteiger partial charge in [-0.05, 0) is 12.8 Å². The van der Waals surface area contributed by atoms with Crippen LogP contribution in [0.1, 0.15) is 44.3 Å². The molecule has 1 aliphatic rings. The molecule has 1 saturated carbocycles. The predicted octanol–water partition coefficient (Wildman–Crippen LogP) is 1.81. The first-order chi connectivity index (χ1) is 8.45. The molecule has 0 unspecified atom stereocenters. The van der Waals surface area contributed by atoms with Crippen molar-refractivity contribution in [3.8, 4) is 0 Å². The normalized spacial score (nSPS) is 15.7. The summed E-state index contributed by atoms with van der Waals surface area (Å²) in [4.78, 5) is 16.0. The van der Waals surface area contributed by atoms with E-state index >= 15 is 0 Å². The molecule has 5 heteroatoms. The number of carbonyl (C=O) groups is 1. The maximum absolute atomic E-state index is 11.5. The third-order valence-electron chi connectivity index (χ3n) is 2.82. The number of rotatable bonds is 5. The minimum atomic E-state index is 0.0881. The zero-order valence-electron chi connectivity index (χ0n) is 11.2. The second-order valence-electron chi connectivity index (χ2n) is 5.82. The Bertz CT molecular complexity index is 418. The molecule has 0 aliphatic heterocycles. The largest absolute Gasteiger partial charge is 0.352 e. The van der Waals surface area contributed by atoms with Gasteiger partial charge in [-0.25, -0.2) is 4.98 Å². The first-order valence-electron chi connectivity index (χ1n) is 6.40. The van der Waals surface area contributed by atoms with Crippen molar-refractivity contribution < 1.29 is 4.79 Å². The molecule has 0 aromatic carbocycles. The summed E-state index contributed by atoms with van der Waals surface area (Å²) in [6.07, 6.45) is 2.26. The highest BCUT2D eigenvalue weighted by Gasteiger charge is 2.22.